The van der Waals surface area contributed by atoms with E-state index < -0.39 is 16.6 Å². The number of aryl methyl sites for hydroxylation is 4. The molecule has 0 unspecified atom stereocenters. The quantitative estimate of drug-likeness (QED) is 0.799. The molecule has 0 radical (unpaired) electrons. The summed E-state index contributed by atoms with van der Waals surface area (Å²) < 4.78 is 6.81. The summed E-state index contributed by atoms with van der Waals surface area (Å²) in [6.45, 7) is 16.6. The zero-order valence-corrected chi connectivity index (χ0v) is 18.6. The van der Waals surface area contributed by atoms with Gasteiger partial charge in [0.2, 0.25) is 16.6 Å². The third-order valence-electron chi connectivity index (χ3n) is 4.88. The number of hydrogen-bond acceptors (Lipinski definition) is 3. The molecule has 0 bridgehead atoms. The highest BCUT2D eigenvalue weighted by Crippen LogP contribution is 2.25. The van der Waals surface area contributed by atoms with E-state index in [-0.39, 0.29) is 0 Å². The van der Waals surface area contributed by atoms with Crippen LogP contribution in [-0.4, -0.2) is 26.8 Å². The molecule has 0 atom stereocenters. The van der Waals surface area contributed by atoms with E-state index in [2.05, 4.69) is 50.5 Å². The van der Waals surface area contributed by atoms with Crippen molar-refractivity contribution >= 4 is 27.0 Å². The van der Waals surface area contributed by atoms with E-state index in [9.17, 15) is 10.2 Å². The largest absolute Gasteiger partial charge is 0.507 e. The van der Waals surface area contributed by atoms with E-state index in [1.54, 1.807) is 0 Å². The maximum absolute atomic E-state index is 10.1. The summed E-state index contributed by atoms with van der Waals surface area (Å²) in [5.41, 5.74) is 3.59. The Labute approximate surface area is 153 Å². The monoisotopic (exact) mass is 374 g/mol. The Morgan fingerprint density at radius 1 is 0.600 bits per heavy atom. The van der Waals surface area contributed by atoms with Gasteiger partial charge in [0, 0.05) is 0 Å². The molecule has 5 heteroatoms. The van der Waals surface area contributed by atoms with Crippen LogP contribution in [0, 0.1) is 27.7 Å². The molecule has 0 amide bonds. The van der Waals surface area contributed by atoms with Gasteiger partial charge in [-0.3, -0.25) is 0 Å². The Kier molecular flexibility index (Phi) is 5.24. The lowest BCUT2D eigenvalue weighted by molar-refractivity contribution is 0.466. The van der Waals surface area contributed by atoms with Crippen molar-refractivity contribution in [3.63, 3.8) is 0 Å². The average Bonchev–Trinajstić information content (AvgIpc) is 2.48. The van der Waals surface area contributed by atoms with E-state index in [1.165, 1.54) is 10.4 Å². The Bertz CT molecular complexity index is 697. The van der Waals surface area contributed by atoms with E-state index >= 15 is 0 Å². The highest BCUT2D eigenvalue weighted by Gasteiger charge is 2.36. The summed E-state index contributed by atoms with van der Waals surface area (Å²) in [6, 6.07) is 8.25. The lowest BCUT2D eigenvalue weighted by Crippen LogP contribution is -2.57. The van der Waals surface area contributed by atoms with E-state index in [1.807, 2.05) is 27.7 Å². The van der Waals surface area contributed by atoms with Gasteiger partial charge in [0.25, 0.3) is 0 Å². The van der Waals surface area contributed by atoms with Crippen molar-refractivity contribution in [3.8, 4) is 11.5 Å². The lowest BCUT2D eigenvalue weighted by atomic mass is 10.1. The van der Waals surface area contributed by atoms with Crippen molar-refractivity contribution in [1.29, 1.82) is 0 Å². The van der Waals surface area contributed by atoms with Crippen LogP contribution in [0.25, 0.3) is 0 Å². The van der Waals surface area contributed by atoms with Crippen molar-refractivity contribution in [1.82, 2.24) is 0 Å². The third kappa shape index (κ3) is 3.99. The molecule has 0 heterocycles. The Morgan fingerprint density at radius 3 is 1.08 bits per heavy atom. The number of aromatic hydroxyl groups is 2. The van der Waals surface area contributed by atoms with E-state index in [4.69, 9.17) is 4.12 Å². The van der Waals surface area contributed by atoms with Crippen LogP contribution in [0.15, 0.2) is 24.3 Å². The first-order valence-electron chi connectivity index (χ1n) is 8.66. The van der Waals surface area contributed by atoms with Gasteiger partial charge in [0.05, 0.1) is 0 Å². The van der Waals surface area contributed by atoms with Gasteiger partial charge in [0.15, 0.2) is 0 Å². The molecule has 2 aromatic rings. The summed E-state index contributed by atoms with van der Waals surface area (Å²) in [5, 5.41) is 22.5. The fraction of sp³-hybridized carbons (Fsp3) is 0.400. The predicted molar refractivity (Wildman–Crippen MR) is 110 cm³/mol. The minimum atomic E-state index is -2.14. The molecule has 136 valence electrons. The second kappa shape index (κ2) is 6.63. The van der Waals surface area contributed by atoms with Crippen molar-refractivity contribution in [2.75, 3.05) is 0 Å². The van der Waals surface area contributed by atoms with Crippen molar-refractivity contribution < 1.29 is 14.3 Å². The normalized spacial score (nSPS) is 12.5. The number of phenols is 2. The molecule has 2 N–H and O–H groups in total. The zero-order chi connectivity index (χ0) is 19.2. The minimum absolute atomic E-state index is 0.370. The van der Waals surface area contributed by atoms with Crippen molar-refractivity contribution in [2.24, 2.45) is 0 Å². The summed E-state index contributed by atoms with van der Waals surface area (Å²) in [5.74, 6) is 0.740. The molecule has 0 aliphatic heterocycles. The van der Waals surface area contributed by atoms with Crippen LogP contribution in [0.2, 0.25) is 26.2 Å². The first-order chi connectivity index (χ1) is 11.3. The van der Waals surface area contributed by atoms with Crippen LogP contribution in [0.1, 0.15) is 22.3 Å². The van der Waals surface area contributed by atoms with Crippen LogP contribution < -0.4 is 10.4 Å². The first kappa shape index (κ1) is 19.8. The molecule has 0 aromatic heterocycles. The summed E-state index contributed by atoms with van der Waals surface area (Å²) in [7, 11) is -4.29. The molecule has 0 saturated carbocycles. The van der Waals surface area contributed by atoms with Gasteiger partial charge in [0.1, 0.15) is 11.5 Å². The van der Waals surface area contributed by atoms with Crippen LogP contribution in [0.5, 0.6) is 11.5 Å². The fourth-order valence-corrected chi connectivity index (χ4v) is 11.7. The predicted octanol–water partition coefficient (Wildman–Crippen LogP) is 3.87. The first-order valence-corrected chi connectivity index (χ1v) is 14.5. The second-order valence-electron chi connectivity index (χ2n) is 8.04. The summed E-state index contributed by atoms with van der Waals surface area (Å²) >= 11 is 0. The molecule has 2 rings (SSSR count). The second-order valence-corrected chi connectivity index (χ2v) is 16.1. The SMILES string of the molecule is Cc1cc([Si](C)(C)O[Si](C)(C)c2cc(C)c(O)c(C)c2)cc(C)c1O. The maximum Gasteiger partial charge on any atom is 0.206 e. The number of phenolic OH excluding ortho intramolecular Hbond substituents is 2. The number of hydrogen-bond donors (Lipinski definition) is 2. The molecule has 0 aliphatic carbocycles. The van der Waals surface area contributed by atoms with Gasteiger partial charge >= 0.3 is 0 Å². The number of benzene rings is 2. The molecular weight excluding hydrogens is 344 g/mol. The van der Waals surface area contributed by atoms with E-state index in [0.717, 1.165) is 22.3 Å². The van der Waals surface area contributed by atoms with E-state index in [0.29, 0.717) is 11.5 Å². The summed E-state index contributed by atoms with van der Waals surface area (Å²) in [4.78, 5) is 0. The molecule has 0 fully saturated rings. The lowest BCUT2D eigenvalue weighted by Gasteiger charge is -2.35. The topological polar surface area (TPSA) is 49.7 Å². The molecule has 25 heavy (non-hydrogen) atoms. The van der Waals surface area contributed by atoms with Gasteiger partial charge in [-0.25, -0.2) is 0 Å². The fourth-order valence-electron chi connectivity index (χ4n) is 3.36. The van der Waals surface area contributed by atoms with Crippen LogP contribution in [-0.2, 0) is 4.12 Å². The van der Waals surface area contributed by atoms with Crippen LogP contribution in [0.4, 0.5) is 0 Å². The van der Waals surface area contributed by atoms with Crippen molar-refractivity contribution in [2.45, 2.75) is 53.9 Å². The van der Waals surface area contributed by atoms with Gasteiger partial charge in [-0.1, -0.05) is 24.3 Å². The van der Waals surface area contributed by atoms with Gasteiger partial charge in [-0.2, -0.15) is 0 Å². The van der Waals surface area contributed by atoms with Crippen molar-refractivity contribution in [3.05, 3.63) is 46.5 Å². The maximum atomic E-state index is 10.1. The molecule has 0 spiro atoms. The zero-order valence-electron chi connectivity index (χ0n) is 16.6. The molecule has 0 saturated heterocycles. The smallest absolute Gasteiger partial charge is 0.206 e. The molecule has 3 nitrogen and oxygen atoms in total. The third-order valence-corrected chi connectivity index (χ3v) is 12.3. The number of rotatable bonds is 4. The van der Waals surface area contributed by atoms with Gasteiger partial charge < -0.3 is 14.3 Å². The van der Waals surface area contributed by atoms with Crippen LogP contribution >= 0.6 is 0 Å². The van der Waals surface area contributed by atoms with Gasteiger partial charge in [-0.05, 0) is 86.5 Å². The standard InChI is InChI=1S/C20H30O3Si2/c1-13-9-17(10-14(2)19(13)21)24(5,6)23-25(7,8)18-11-15(3)20(22)16(4)12-18/h9-12,21-22H,1-8H3. The highest BCUT2D eigenvalue weighted by molar-refractivity contribution is 6.96. The summed E-state index contributed by atoms with van der Waals surface area (Å²) in [6.07, 6.45) is 0. The minimum Gasteiger partial charge on any atom is -0.507 e. The van der Waals surface area contributed by atoms with Gasteiger partial charge in [-0.15, -0.1) is 0 Å². The Balaban J connectivity index is 2.42. The highest BCUT2D eigenvalue weighted by atomic mass is 28.4. The molecule has 0 aliphatic rings. The van der Waals surface area contributed by atoms with Crippen LogP contribution in [0.3, 0.4) is 0 Å². The average molecular weight is 375 g/mol. The Morgan fingerprint density at radius 2 is 0.840 bits per heavy atom. The molecular formula is C20H30O3Si2. The molecule has 2 aromatic carbocycles. The Hall–Kier alpha value is -1.57.